The molecule has 1 saturated carbocycles. The van der Waals surface area contributed by atoms with Crippen LogP contribution in [0.4, 0.5) is 5.82 Å². The molecular formula is C22H25N5O4S. The molecule has 0 aliphatic heterocycles. The van der Waals surface area contributed by atoms with Gasteiger partial charge in [0.1, 0.15) is 17.8 Å². The van der Waals surface area contributed by atoms with Gasteiger partial charge in [-0.2, -0.15) is 5.10 Å². The molecule has 0 spiro atoms. The van der Waals surface area contributed by atoms with E-state index < -0.39 is 11.1 Å². The van der Waals surface area contributed by atoms with E-state index in [0.717, 1.165) is 24.8 Å². The molecule has 1 aliphatic carbocycles. The van der Waals surface area contributed by atoms with Crippen molar-refractivity contribution in [2.24, 2.45) is 5.92 Å². The van der Waals surface area contributed by atoms with Gasteiger partial charge in [0.25, 0.3) is 0 Å². The molecule has 1 fully saturated rings. The Hall–Kier alpha value is -2.95. The van der Waals surface area contributed by atoms with Crippen molar-refractivity contribution >= 4 is 22.7 Å². The quantitative estimate of drug-likeness (QED) is 0.331. The minimum atomic E-state index is -1.81. The maximum absolute atomic E-state index is 13.2. The smallest absolute Gasteiger partial charge is 0.218 e. The zero-order chi connectivity index (χ0) is 22.5. The number of hydrogen-bond acceptors (Lipinski definition) is 7. The molecule has 3 N–H and O–H groups in total. The van der Waals surface area contributed by atoms with Crippen molar-refractivity contribution in [3.05, 3.63) is 71.4 Å². The van der Waals surface area contributed by atoms with Crippen LogP contribution in [0.25, 0.3) is 0 Å². The molecule has 0 radical (unpaired) electrons. The summed E-state index contributed by atoms with van der Waals surface area (Å²) in [4.78, 5) is 21.5. The molecule has 3 aromatic rings. The van der Waals surface area contributed by atoms with Crippen LogP contribution < -0.4 is 5.32 Å². The van der Waals surface area contributed by atoms with E-state index in [9.17, 15) is 14.1 Å². The second-order valence-electron chi connectivity index (χ2n) is 7.94. The highest BCUT2D eigenvalue weighted by Gasteiger charge is 2.28. The van der Waals surface area contributed by atoms with Crippen LogP contribution in [0.3, 0.4) is 0 Å². The SMILES string of the molecule is O=C(c1cc(CO)n(Cc2ccccc2)n1)c1cncnc1NC1CCC(CS(=O)O)C1. The van der Waals surface area contributed by atoms with Gasteiger partial charge in [0.15, 0.2) is 11.1 Å². The normalized spacial score (nSPS) is 19.1. The van der Waals surface area contributed by atoms with Gasteiger partial charge in [0.05, 0.1) is 30.2 Å². The Labute approximate surface area is 188 Å². The molecule has 1 aliphatic rings. The standard InChI is InChI=1S/C22H25N5O4S/c28-12-18-9-20(26-27(18)11-15-4-2-1-3-5-15)21(29)19-10-23-14-24-22(19)25-17-7-6-16(8-17)13-32(30)31/h1-5,9-10,14,16-17,28H,6-8,11-13H2,(H,30,31)(H,23,24,25). The fourth-order valence-electron chi connectivity index (χ4n) is 4.09. The van der Waals surface area contributed by atoms with E-state index in [2.05, 4.69) is 20.4 Å². The molecule has 1 aromatic carbocycles. The van der Waals surface area contributed by atoms with Gasteiger partial charge in [-0.05, 0) is 36.8 Å². The Balaban J connectivity index is 1.52. The minimum Gasteiger partial charge on any atom is -0.390 e. The molecule has 3 atom stereocenters. The average Bonchev–Trinajstić information content (AvgIpc) is 3.40. The minimum absolute atomic E-state index is 0.0636. The van der Waals surface area contributed by atoms with Crippen molar-refractivity contribution in [1.82, 2.24) is 19.7 Å². The molecule has 3 unspecified atom stereocenters. The number of carbonyl (C=O) groups is 1. The van der Waals surface area contributed by atoms with E-state index >= 15 is 0 Å². The summed E-state index contributed by atoms with van der Waals surface area (Å²) in [5.74, 6) is 0.515. The summed E-state index contributed by atoms with van der Waals surface area (Å²) >= 11 is -1.81. The van der Waals surface area contributed by atoms with E-state index in [1.807, 2.05) is 30.3 Å². The van der Waals surface area contributed by atoms with E-state index in [1.54, 1.807) is 10.7 Å². The lowest BCUT2D eigenvalue weighted by molar-refractivity contribution is 0.103. The van der Waals surface area contributed by atoms with Gasteiger partial charge >= 0.3 is 0 Å². The number of benzene rings is 1. The highest BCUT2D eigenvalue weighted by molar-refractivity contribution is 7.79. The number of aliphatic hydroxyl groups excluding tert-OH is 1. The molecular weight excluding hydrogens is 430 g/mol. The van der Waals surface area contributed by atoms with E-state index in [1.165, 1.54) is 12.5 Å². The van der Waals surface area contributed by atoms with Gasteiger partial charge in [-0.3, -0.25) is 9.48 Å². The van der Waals surface area contributed by atoms with Crippen LogP contribution in [-0.2, 0) is 24.2 Å². The first-order valence-corrected chi connectivity index (χ1v) is 11.7. The second kappa shape index (κ2) is 10.1. The number of aromatic nitrogens is 4. The topological polar surface area (TPSA) is 130 Å². The molecule has 0 bridgehead atoms. The number of nitrogens with one attached hydrogen (secondary N) is 1. The Morgan fingerprint density at radius 3 is 2.81 bits per heavy atom. The predicted molar refractivity (Wildman–Crippen MR) is 120 cm³/mol. The highest BCUT2D eigenvalue weighted by Crippen LogP contribution is 2.29. The predicted octanol–water partition coefficient (Wildman–Crippen LogP) is 2.25. The maximum Gasteiger partial charge on any atom is 0.218 e. The first-order chi connectivity index (χ1) is 15.5. The lowest BCUT2D eigenvalue weighted by Gasteiger charge is -2.15. The van der Waals surface area contributed by atoms with Crippen LogP contribution in [0.15, 0.2) is 48.9 Å². The summed E-state index contributed by atoms with van der Waals surface area (Å²) in [7, 11) is 0. The summed E-state index contributed by atoms with van der Waals surface area (Å²) in [5.41, 5.74) is 2.06. The number of ketones is 1. The van der Waals surface area contributed by atoms with Crippen LogP contribution in [0.1, 0.15) is 46.6 Å². The van der Waals surface area contributed by atoms with Gasteiger partial charge < -0.3 is 15.0 Å². The molecule has 0 amide bonds. The third-order valence-electron chi connectivity index (χ3n) is 5.65. The zero-order valence-electron chi connectivity index (χ0n) is 17.4. The van der Waals surface area contributed by atoms with E-state index in [0.29, 0.717) is 23.6 Å². The van der Waals surface area contributed by atoms with E-state index in [-0.39, 0.29) is 35.8 Å². The summed E-state index contributed by atoms with van der Waals surface area (Å²) in [6.45, 7) is 0.204. The second-order valence-corrected chi connectivity index (χ2v) is 8.92. The summed E-state index contributed by atoms with van der Waals surface area (Å²) in [6.07, 6.45) is 5.26. The molecule has 0 saturated heterocycles. The number of rotatable bonds is 9. The summed E-state index contributed by atoms with van der Waals surface area (Å²) < 4.78 is 21.8. The molecule has 9 nitrogen and oxygen atoms in total. The first kappa shape index (κ1) is 22.3. The van der Waals surface area contributed by atoms with Crippen molar-refractivity contribution in [2.45, 2.75) is 38.5 Å². The van der Waals surface area contributed by atoms with Crippen molar-refractivity contribution in [1.29, 1.82) is 0 Å². The number of aliphatic hydroxyl groups is 1. The van der Waals surface area contributed by atoms with Crippen LogP contribution >= 0.6 is 0 Å². The number of carbonyl (C=O) groups excluding carboxylic acids is 1. The molecule has 2 aromatic heterocycles. The highest BCUT2D eigenvalue weighted by atomic mass is 32.2. The molecule has 168 valence electrons. The van der Waals surface area contributed by atoms with Crippen molar-refractivity contribution in [2.75, 3.05) is 11.1 Å². The van der Waals surface area contributed by atoms with Crippen LogP contribution in [0, 0.1) is 5.92 Å². The van der Waals surface area contributed by atoms with Crippen LogP contribution in [0.5, 0.6) is 0 Å². The van der Waals surface area contributed by atoms with Crippen LogP contribution in [-0.4, -0.2) is 51.2 Å². The number of hydrogen-bond donors (Lipinski definition) is 3. The largest absolute Gasteiger partial charge is 0.390 e. The van der Waals surface area contributed by atoms with Gasteiger partial charge in [0.2, 0.25) is 5.78 Å². The third-order valence-corrected chi connectivity index (χ3v) is 6.41. The maximum atomic E-state index is 13.2. The Morgan fingerprint density at radius 2 is 2.06 bits per heavy atom. The number of anilines is 1. The molecule has 32 heavy (non-hydrogen) atoms. The van der Waals surface area contributed by atoms with Crippen molar-refractivity contribution < 1.29 is 18.7 Å². The van der Waals surface area contributed by atoms with Crippen molar-refractivity contribution in [3.63, 3.8) is 0 Å². The Bertz CT molecular complexity index is 1100. The Kier molecular flexibility index (Phi) is 7.03. The summed E-state index contributed by atoms with van der Waals surface area (Å²) in [5, 5.41) is 17.5. The monoisotopic (exact) mass is 455 g/mol. The van der Waals surface area contributed by atoms with Gasteiger partial charge in [-0.1, -0.05) is 30.3 Å². The Morgan fingerprint density at radius 1 is 1.25 bits per heavy atom. The fraction of sp³-hybridized carbons (Fsp3) is 0.364. The van der Waals surface area contributed by atoms with Gasteiger partial charge in [-0.15, -0.1) is 0 Å². The van der Waals surface area contributed by atoms with Crippen molar-refractivity contribution in [3.8, 4) is 0 Å². The van der Waals surface area contributed by atoms with Crippen LogP contribution in [0.2, 0.25) is 0 Å². The summed E-state index contributed by atoms with van der Waals surface area (Å²) in [6, 6.07) is 11.3. The van der Waals surface area contributed by atoms with Gasteiger partial charge in [0, 0.05) is 12.2 Å². The first-order valence-electron chi connectivity index (χ1n) is 10.4. The zero-order valence-corrected chi connectivity index (χ0v) is 18.2. The third kappa shape index (κ3) is 5.26. The average molecular weight is 456 g/mol. The fourth-order valence-corrected chi connectivity index (χ4v) is 4.79. The molecule has 4 rings (SSSR count). The molecule has 10 heteroatoms. The lowest BCUT2D eigenvalue weighted by atomic mass is 10.1. The lowest BCUT2D eigenvalue weighted by Crippen LogP contribution is -2.20. The number of nitrogens with zero attached hydrogens (tertiary/aromatic N) is 4. The van der Waals surface area contributed by atoms with E-state index in [4.69, 9.17) is 4.55 Å². The van der Waals surface area contributed by atoms with Gasteiger partial charge in [-0.25, -0.2) is 14.2 Å². The molecule has 2 heterocycles.